The smallest absolute Gasteiger partial charge is 0.309 e. The first-order valence-electron chi connectivity index (χ1n) is 8.58. The number of hydrogen-bond donors (Lipinski definition) is 0. The van der Waals surface area contributed by atoms with E-state index in [0.717, 1.165) is 0 Å². The van der Waals surface area contributed by atoms with Crippen molar-refractivity contribution in [3.8, 4) is 24.0 Å². The highest BCUT2D eigenvalue weighted by Gasteiger charge is 2.41. The molecule has 1 rings (SSSR count). The summed E-state index contributed by atoms with van der Waals surface area (Å²) in [7, 11) is 0. The zero-order valence-electron chi connectivity index (χ0n) is 15.6. The first-order chi connectivity index (χ1) is 12.9. The molecule has 6 nitrogen and oxygen atoms in total. The van der Waals surface area contributed by atoms with Crippen LogP contribution in [0.25, 0.3) is 0 Å². The van der Waals surface area contributed by atoms with E-state index in [1.807, 2.05) is 0 Å². The highest BCUT2D eigenvalue weighted by molar-refractivity contribution is 5.73. The van der Waals surface area contributed by atoms with Crippen LogP contribution in [0.4, 0.5) is 0 Å². The summed E-state index contributed by atoms with van der Waals surface area (Å²) < 4.78 is 9.80. The van der Waals surface area contributed by atoms with E-state index >= 15 is 0 Å². The van der Waals surface area contributed by atoms with Crippen LogP contribution in [0.3, 0.4) is 0 Å². The Morgan fingerprint density at radius 3 is 2.59 bits per heavy atom. The molecule has 0 aliphatic heterocycles. The van der Waals surface area contributed by atoms with Gasteiger partial charge in [-0.2, -0.15) is 10.5 Å². The molecule has 2 atom stereocenters. The van der Waals surface area contributed by atoms with Crippen LogP contribution in [-0.2, 0) is 19.1 Å². The third-order valence-electron chi connectivity index (χ3n) is 4.20. The number of esters is 2. The van der Waals surface area contributed by atoms with Crippen LogP contribution in [-0.4, -0.2) is 25.2 Å². The van der Waals surface area contributed by atoms with Gasteiger partial charge in [0.2, 0.25) is 0 Å². The van der Waals surface area contributed by atoms with Crippen molar-refractivity contribution in [1.82, 2.24) is 0 Å². The molecule has 0 fully saturated rings. The summed E-state index contributed by atoms with van der Waals surface area (Å²) in [4.78, 5) is 22.8. The number of hydrogen-bond acceptors (Lipinski definition) is 6. The number of rotatable bonds is 6. The van der Waals surface area contributed by atoms with Gasteiger partial charge in [0, 0.05) is 19.3 Å². The Kier molecular flexibility index (Phi) is 8.61. The van der Waals surface area contributed by atoms with Crippen molar-refractivity contribution in [3.63, 3.8) is 0 Å². The van der Waals surface area contributed by atoms with Crippen LogP contribution in [0.15, 0.2) is 30.0 Å². The van der Waals surface area contributed by atoms with Gasteiger partial charge in [0.15, 0.2) is 12.0 Å². The van der Waals surface area contributed by atoms with Gasteiger partial charge in [-0.3, -0.25) is 9.59 Å². The summed E-state index contributed by atoms with van der Waals surface area (Å²) in [5, 5.41) is 19.4. The lowest BCUT2D eigenvalue weighted by Gasteiger charge is -2.32. The highest BCUT2D eigenvalue weighted by atomic mass is 16.5. The number of carbonyl (C=O) groups is 2. The van der Waals surface area contributed by atoms with Crippen molar-refractivity contribution in [2.24, 2.45) is 17.3 Å². The van der Waals surface area contributed by atoms with E-state index in [2.05, 4.69) is 36.3 Å². The van der Waals surface area contributed by atoms with E-state index in [9.17, 15) is 20.1 Å². The molecule has 0 bridgehead atoms. The lowest BCUT2D eigenvalue weighted by Crippen LogP contribution is -2.31. The fraction of sp³-hybridized carbons (Fsp3) is 0.476. The fourth-order valence-corrected chi connectivity index (χ4v) is 2.91. The molecule has 1 aliphatic rings. The van der Waals surface area contributed by atoms with E-state index in [-0.39, 0.29) is 30.8 Å². The Balaban J connectivity index is 3.11. The molecule has 0 unspecified atom stereocenters. The lowest BCUT2D eigenvalue weighted by atomic mass is 9.68. The van der Waals surface area contributed by atoms with Gasteiger partial charge in [0.25, 0.3) is 0 Å². The van der Waals surface area contributed by atoms with Crippen LogP contribution in [0.1, 0.15) is 33.1 Å². The number of allylic oxidation sites excluding steroid dienone is 3. The molecule has 0 saturated heterocycles. The van der Waals surface area contributed by atoms with E-state index in [0.29, 0.717) is 25.0 Å². The lowest BCUT2D eigenvalue weighted by molar-refractivity contribution is -0.148. The average molecular weight is 366 g/mol. The summed E-state index contributed by atoms with van der Waals surface area (Å²) >= 11 is 0. The van der Waals surface area contributed by atoms with Crippen molar-refractivity contribution in [3.05, 3.63) is 30.0 Å². The van der Waals surface area contributed by atoms with E-state index in [1.165, 1.54) is 6.92 Å². The minimum Gasteiger partial charge on any atom is -0.466 e. The predicted octanol–water partition coefficient (Wildman–Crippen LogP) is 2.83. The molecule has 0 aromatic rings. The minimum absolute atomic E-state index is 0.0291. The monoisotopic (exact) mass is 366 g/mol. The van der Waals surface area contributed by atoms with Crippen molar-refractivity contribution in [2.75, 3.05) is 13.2 Å². The maximum absolute atomic E-state index is 12.0. The fourth-order valence-electron chi connectivity index (χ4n) is 2.91. The molecule has 0 aromatic heterocycles. The maximum atomic E-state index is 12.0. The predicted molar refractivity (Wildman–Crippen MR) is 97.3 cm³/mol. The second-order valence-electron chi connectivity index (χ2n) is 6.00. The normalized spacial score (nSPS) is 18.3. The van der Waals surface area contributed by atoms with Gasteiger partial charge in [-0.25, -0.2) is 0 Å². The average Bonchev–Trinajstić information content (AvgIpc) is 2.65. The van der Waals surface area contributed by atoms with Gasteiger partial charge in [0.1, 0.15) is 0 Å². The Bertz CT molecular complexity index is 781. The number of nitriles is 2. The second-order valence-corrected chi connectivity index (χ2v) is 6.00. The van der Waals surface area contributed by atoms with Crippen molar-refractivity contribution in [2.45, 2.75) is 33.1 Å². The molecule has 27 heavy (non-hydrogen) atoms. The standard InChI is InChI=1S/C21H22N2O4/c1-4-8-17-13-18(20(25)26-5-2)9-10-19(17)21(14-22,15-23)11-6-7-12-27-16(3)24/h8,10,17-18H,1,5,9,11-13H2,2-3H3/t17-,18+/m1/s1. The van der Waals surface area contributed by atoms with E-state index in [4.69, 9.17) is 9.47 Å². The van der Waals surface area contributed by atoms with Crippen molar-refractivity contribution in [1.29, 1.82) is 10.5 Å². The molecule has 0 N–H and O–H groups in total. The van der Waals surface area contributed by atoms with Crippen molar-refractivity contribution >= 4 is 11.9 Å². The van der Waals surface area contributed by atoms with Crippen LogP contribution >= 0.6 is 0 Å². The molecule has 140 valence electrons. The summed E-state index contributed by atoms with van der Waals surface area (Å²) in [5.74, 6) is 3.96. The number of nitrogens with zero attached hydrogens (tertiary/aromatic N) is 2. The number of ether oxygens (including phenoxy) is 2. The third-order valence-corrected chi connectivity index (χ3v) is 4.20. The van der Waals surface area contributed by atoms with Gasteiger partial charge < -0.3 is 9.47 Å². The maximum Gasteiger partial charge on any atom is 0.309 e. The largest absolute Gasteiger partial charge is 0.466 e. The number of carbonyl (C=O) groups excluding carboxylic acids is 2. The summed E-state index contributed by atoms with van der Waals surface area (Å²) in [5.41, 5.74) is 1.82. The molecule has 0 radical (unpaired) electrons. The summed E-state index contributed by atoms with van der Waals surface area (Å²) in [6, 6.07) is 4.14. The zero-order valence-corrected chi connectivity index (χ0v) is 15.6. The SMILES string of the molecule is C=C=C[C@@H]1C[C@@H](C(=O)OCC)CC=C1C(C#N)(C#N)CC#CCOC(C)=O. The minimum atomic E-state index is -1.46. The first kappa shape index (κ1) is 21.8. The molecule has 6 heteroatoms. The quantitative estimate of drug-likeness (QED) is 0.310. The zero-order chi connectivity index (χ0) is 20.3. The molecular weight excluding hydrogens is 344 g/mol. The van der Waals surface area contributed by atoms with Gasteiger partial charge in [-0.15, -0.1) is 5.73 Å². The molecule has 0 aromatic carbocycles. The van der Waals surface area contributed by atoms with Crippen LogP contribution in [0.5, 0.6) is 0 Å². The third kappa shape index (κ3) is 5.89. The molecule has 1 aliphatic carbocycles. The van der Waals surface area contributed by atoms with Gasteiger partial charge in [-0.1, -0.05) is 24.5 Å². The topological polar surface area (TPSA) is 100 Å². The summed E-state index contributed by atoms with van der Waals surface area (Å²) in [6.45, 7) is 6.79. The molecule has 0 saturated carbocycles. The van der Waals surface area contributed by atoms with E-state index < -0.39 is 11.4 Å². The van der Waals surface area contributed by atoms with Gasteiger partial charge in [0.05, 0.1) is 24.7 Å². The van der Waals surface area contributed by atoms with E-state index in [1.54, 1.807) is 19.1 Å². The van der Waals surface area contributed by atoms with Crippen molar-refractivity contribution < 1.29 is 19.1 Å². The Labute approximate surface area is 159 Å². The molecule has 0 amide bonds. The van der Waals surface area contributed by atoms with Gasteiger partial charge >= 0.3 is 11.9 Å². The van der Waals surface area contributed by atoms with Crippen LogP contribution in [0, 0.1) is 51.8 Å². The molecular formula is C21H22N2O4. The summed E-state index contributed by atoms with van der Waals surface area (Å²) in [6.07, 6.45) is 4.19. The molecule has 0 spiro atoms. The molecule has 0 heterocycles. The Morgan fingerprint density at radius 1 is 1.33 bits per heavy atom. The Morgan fingerprint density at radius 2 is 2.04 bits per heavy atom. The van der Waals surface area contributed by atoms with Gasteiger partial charge in [-0.05, 0) is 31.4 Å². The Hall–Kier alpha value is -3.26. The van der Waals surface area contributed by atoms with Crippen LogP contribution < -0.4 is 0 Å². The second kappa shape index (κ2) is 10.7. The first-order valence-corrected chi connectivity index (χ1v) is 8.58. The van der Waals surface area contributed by atoms with Crippen LogP contribution in [0.2, 0.25) is 0 Å². The highest BCUT2D eigenvalue weighted by Crippen LogP contribution is 2.42.